The lowest BCUT2D eigenvalue weighted by Gasteiger charge is -2.33. The standard InChI is InChI=1S/C20H23FN2O3S/c1-22(14-16-6-3-2-4-7-16)20(24)17-8-5-13-23(15-17)27(25,26)19-11-9-18(21)10-12-19/h2-4,6-7,9-12,17H,5,8,13-15H2,1H3/t17-/m1/s1. The highest BCUT2D eigenvalue weighted by molar-refractivity contribution is 7.89. The molecule has 0 aromatic heterocycles. The fourth-order valence-electron chi connectivity index (χ4n) is 3.36. The molecule has 27 heavy (non-hydrogen) atoms. The van der Waals surface area contributed by atoms with Crippen molar-refractivity contribution in [2.45, 2.75) is 24.3 Å². The highest BCUT2D eigenvalue weighted by Crippen LogP contribution is 2.25. The second kappa shape index (κ2) is 8.19. The lowest BCUT2D eigenvalue weighted by Crippen LogP contribution is -2.45. The van der Waals surface area contributed by atoms with Gasteiger partial charge in [-0.2, -0.15) is 4.31 Å². The van der Waals surface area contributed by atoms with Gasteiger partial charge in [0.2, 0.25) is 15.9 Å². The molecular weight excluding hydrogens is 367 g/mol. The van der Waals surface area contributed by atoms with Crippen molar-refractivity contribution in [1.29, 1.82) is 0 Å². The van der Waals surface area contributed by atoms with Crippen molar-refractivity contribution >= 4 is 15.9 Å². The van der Waals surface area contributed by atoms with Crippen LogP contribution < -0.4 is 0 Å². The molecule has 0 aliphatic carbocycles. The summed E-state index contributed by atoms with van der Waals surface area (Å²) in [5, 5.41) is 0. The van der Waals surface area contributed by atoms with E-state index in [1.54, 1.807) is 11.9 Å². The maximum absolute atomic E-state index is 13.1. The van der Waals surface area contributed by atoms with Gasteiger partial charge in [0.1, 0.15) is 5.82 Å². The van der Waals surface area contributed by atoms with Crippen molar-refractivity contribution in [3.63, 3.8) is 0 Å². The molecular formula is C20H23FN2O3S. The monoisotopic (exact) mass is 390 g/mol. The van der Waals surface area contributed by atoms with Gasteiger partial charge in [0.15, 0.2) is 0 Å². The predicted octanol–water partition coefficient (Wildman–Crippen LogP) is 2.89. The second-order valence-electron chi connectivity index (χ2n) is 6.84. The number of hydrogen-bond donors (Lipinski definition) is 0. The van der Waals surface area contributed by atoms with E-state index in [0.717, 1.165) is 17.7 Å². The molecule has 1 aliphatic rings. The van der Waals surface area contributed by atoms with Gasteiger partial charge in [-0.15, -0.1) is 0 Å². The van der Waals surface area contributed by atoms with Crippen molar-refractivity contribution in [2.24, 2.45) is 5.92 Å². The largest absolute Gasteiger partial charge is 0.341 e. The van der Waals surface area contributed by atoms with Gasteiger partial charge in [-0.1, -0.05) is 30.3 Å². The fraction of sp³-hybridized carbons (Fsp3) is 0.350. The smallest absolute Gasteiger partial charge is 0.243 e. The second-order valence-corrected chi connectivity index (χ2v) is 8.77. The predicted molar refractivity (Wildman–Crippen MR) is 101 cm³/mol. The molecule has 0 spiro atoms. The summed E-state index contributed by atoms with van der Waals surface area (Å²) in [7, 11) is -2.00. The number of rotatable bonds is 5. The molecule has 2 aromatic carbocycles. The Bertz CT molecular complexity index is 885. The minimum absolute atomic E-state index is 0.0506. The third kappa shape index (κ3) is 4.54. The first kappa shape index (κ1) is 19.5. The number of piperidine rings is 1. The van der Waals surface area contributed by atoms with Crippen molar-refractivity contribution < 1.29 is 17.6 Å². The number of nitrogens with zero attached hydrogens (tertiary/aromatic N) is 2. The van der Waals surface area contributed by atoms with Gasteiger partial charge in [0.25, 0.3) is 0 Å². The Balaban J connectivity index is 1.69. The van der Waals surface area contributed by atoms with Crippen molar-refractivity contribution in [3.05, 3.63) is 66.0 Å². The Kier molecular flexibility index (Phi) is 5.92. The van der Waals surface area contributed by atoms with Gasteiger partial charge >= 0.3 is 0 Å². The average Bonchev–Trinajstić information content (AvgIpc) is 2.68. The lowest BCUT2D eigenvalue weighted by molar-refractivity contribution is -0.135. The Morgan fingerprint density at radius 2 is 1.81 bits per heavy atom. The van der Waals surface area contributed by atoms with Gasteiger partial charge in [0, 0.05) is 26.7 Å². The Morgan fingerprint density at radius 1 is 1.15 bits per heavy atom. The molecule has 3 rings (SSSR count). The summed E-state index contributed by atoms with van der Waals surface area (Å²) in [6, 6.07) is 14.5. The minimum atomic E-state index is -3.73. The normalized spacial score (nSPS) is 18.2. The van der Waals surface area contributed by atoms with Crippen molar-refractivity contribution in [2.75, 3.05) is 20.1 Å². The number of carbonyl (C=O) groups excluding carboxylic acids is 1. The number of benzene rings is 2. The van der Waals surface area contributed by atoms with Crippen LogP contribution in [0.2, 0.25) is 0 Å². The Labute approximate surface area is 159 Å². The van der Waals surface area contributed by atoms with Crippen molar-refractivity contribution in [1.82, 2.24) is 9.21 Å². The number of amides is 1. The van der Waals surface area contributed by atoms with E-state index in [0.29, 0.717) is 25.9 Å². The van der Waals surface area contributed by atoms with E-state index in [1.165, 1.54) is 16.4 Å². The molecule has 5 nitrogen and oxygen atoms in total. The Morgan fingerprint density at radius 3 is 2.48 bits per heavy atom. The van der Waals surface area contributed by atoms with Gasteiger partial charge in [0.05, 0.1) is 10.8 Å². The molecule has 0 radical (unpaired) electrons. The number of hydrogen-bond acceptors (Lipinski definition) is 3. The topological polar surface area (TPSA) is 57.7 Å². The Hall–Kier alpha value is -2.25. The molecule has 1 amide bonds. The van der Waals surface area contributed by atoms with E-state index in [2.05, 4.69) is 0 Å². The first-order chi connectivity index (χ1) is 12.9. The van der Waals surface area contributed by atoms with E-state index >= 15 is 0 Å². The number of carbonyl (C=O) groups is 1. The van der Waals surface area contributed by atoms with E-state index in [4.69, 9.17) is 0 Å². The summed E-state index contributed by atoms with van der Waals surface area (Å²) in [4.78, 5) is 14.5. The molecule has 0 bridgehead atoms. The van der Waals surface area contributed by atoms with Crippen LogP contribution in [-0.2, 0) is 21.4 Å². The van der Waals surface area contributed by atoms with E-state index in [9.17, 15) is 17.6 Å². The maximum Gasteiger partial charge on any atom is 0.243 e. The summed E-state index contributed by atoms with van der Waals surface area (Å²) in [5.41, 5.74) is 1.03. The van der Waals surface area contributed by atoms with E-state index < -0.39 is 15.8 Å². The first-order valence-corrected chi connectivity index (χ1v) is 10.4. The molecule has 2 aromatic rings. The molecule has 1 saturated heterocycles. The molecule has 0 saturated carbocycles. The molecule has 7 heteroatoms. The van der Waals surface area contributed by atoms with Crippen LogP contribution in [0.5, 0.6) is 0 Å². The molecule has 1 aliphatic heterocycles. The van der Waals surface area contributed by atoms with E-state index in [-0.39, 0.29) is 23.3 Å². The molecule has 1 fully saturated rings. The molecule has 144 valence electrons. The van der Waals surface area contributed by atoms with Gasteiger partial charge in [-0.25, -0.2) is 12.8 Å². The van der Waals surface area contributed by atoms with Crippen molar-refractivity contribution in [3.8, 4) is 0 Å². The number of sulfonamides is 1. The summed E-state index contributed by atoms with van der Waals surface area (Å²) in [6.07, 6.45) is 1.28. The summed E-state index contributed by atoms with van der Waals surface area (Å²) < 4.78 is 40.0. The highest BCUT2D eigenvalue weighted by Gasteiger charge is 2.34. The summed E-state index contributed by atoms with van der Waals surface area (Å²) in [6.45, 7) is 1.00. The minimum Gasteiger partial charge on any atom is -0.341 e. The zero-order valence-corrected chi connectivity index (χ0v) is 16.0. The van der Waals surface area contributed by atoms with Crippen LogP contribution in [0, 0.1) is 11.7 Å². The maximum atomic E-state index is 13.1. The highest BCUT2D eigenvalue weighted by atomic mass is 32.2. The van der Waals surface area contributed by atoms with E-state index in [1.807, 2.05) is 30.3 Å². The average molecular weight is 390 g/mol. The summed E-state index contributed by atoms with van der Waals surface area (Å²) in [5.74, 6) is -0.913. The van der Waals surface area contributed by atoms with Crippen LogP contribution in [0.25, 0.3) is 0 Å². The molecule has 0 unspecified atom stereocenters. The quantitative estimate of drug-likeness (QED) is 0.789. The zero-order chi connectivity index (χ0) is 19.4. The van der Waals surface area contributed by atoms with Gasteiger partial charge in [-0.05, 0) is 42.7 Å². The van der Waals surface area contributed by atoms with Gasteiger partial charge < -0.3 is 4.90 Å². The third-order valence-corrected chi connectivity index (χ3v) is 6.70. The van der Waals surface area contributed by atoms with Crippen LogP contribution in [0.1, 0.15) is 18.4 Å². The van der Waals surface area contributed by atoms with Crippen LogP contribution >= 0.6 is 0 Å². The molecule has 1 atom stereocenters. The van der Waals surface area contributed by atoms with Gasteiger partial charge in [-0.3, -0.25) is 4.79 Å². The summed E-state index contributed by atoms with van der Waals surface area (Å²) >= 11 is 0. The molecule has 1 heterocycles. The van der Waals surface area contributed by atoms with Crippen LogP contribution in [0.3, 0.4) is 0 Å². The fourth-order valence-corrected chi connectivity index (χ4v) is 4.89. The lowest BCUT2D eigenvalue weighted by atomic mass is 9.98. The zero-order valence-electron chi connectivity index (χ0n) is 15.2. The SMILES string of the molecule is CN(Cc1ccccc1)C(=O)[C@@H]1CCCN(S(=O)(=O)c2ccc(F)cc2)C1. The molecule has 0 N–H and O–H groups in total. The van der Waals surface area contributed by atoms with Crippen LogP contribution in [-0.4, -0.2) is 43.7 Å². The third-order valence-electron chi connectivity index (χ3n) is 4.82. The number of halogens is 1. The first-order valence-electron chi connectivity index (χ1n) is 8.92. The van der Waals surface area contributed by atoms with Crippen LogP contribution in [0.15, 0.2) is 59.5 Å². The van der Waals surface area contributed by atoms with Crippen LogP contribution in [0.4, 0.5) is 4.39 Å².